The minimum Gasteiger partial charge on any atom is -0.507 e. The Kier molecular flexibility index (Phi) is 6.51. The summed E-state index contributed by atoms with van der Waals surface area (Å²) < 4.78 is 5.58. The highest BCUT2D eigenvalue weighted by Crippen LogP contribution is 2.43. The Morgan fingerprint density at radius 1 is 0.944 bits per heavy atom. The van der Waals surface area contributed by atoms with Crippen LogP contribution >= 0.6 is 0 Å². The van der Waals surface area contributed by atoms with E-state index >= 15 is 0 Å². The number of aliphatic hydroxyl groups is 1. The minimum absolute atomic E-state index is 0.0755. The van der Waals surface area contributed by atoms with Gasteiger partial charge in [-0.3, -0.25) is 14.5 Å². The fourth-order valence-corrected chi connectivity index (χ4v) is 5.14. The molecule has 1 unspecified atom stereocenters. The zero-order valence-electron chi connectivity index (χ0n) is 20.6. The van der Waals surface area contributed by atoms with E-state index in [0.29, 0.717) is 23.6 Å². The van der Waals surface area contributed by atoms with Crippen molar-refractivity contribution in [2.24, 2.45) is 0 Å². The van der Waals surface area contributed by atoms with Gasteiger partial charge in [0.25, 0.3) is 11.7 Å². The highest BCUT2D eigenvalue weighted by Gasteiger charge is 2.47. The zero-order valence-corrected chi connectivity index (χ0v) is 20.6. The number of ketones is 1. The summed E-state index contributed by atoms with van der Waals surface area (Å²) in [6.07, 6.45) is 2.35. The van der Waals surface area contributed by atoms with Crippen LogP contribution in [0.2, 0.25) is 0 Å². The number of Topliss-reactive ketones (excluding diaryl/α,β-unsaturated/α-hetero) is 1. The number of rotatable bonds is 6. The molecule has 2 fully saturated rings. The van der Waals surface area contributed by atoms with Crippen molar-refractivity contribution < 1.29 is 19.4 Å². The molecule has 0 bridgehead atoms. The van der Waals surface area contributed by atoms with Crippen LogP contribution in [0.25, 0.3) is 5.76 Å². The largest absolute Gasteiger partial charge is 0.507 e. The van der Waals surface area contributed by atoms with Gasteiger partial charge < -0.3 is 14.7 Å². The molecule has 0 aromatic heterocycles. The fraction of sp³-hybridized carbons (Fsp3) is 0.267. The van der Waals surface area contributed by atoms with Gasteiger partial charge in [-0.1, -0.05) is 36.4 Å². The molecule has 0 saturated carbocycles. The Hall–Kier alpha value is -4.06. The highest BCUT2D eigenvalue weighted by atomic mass is 16.5. The number of aryl methyl sites for hydroxylation is 1. The first-order chi connectivity index (χ1) is 17.5. The molecular weight excluding hydrogens is 452 g/mol. The third kappa shape index (κ3) is 4.24. The maximum absolute atomic E-state index is 13.5. The summed E-state index contributed by atoms with van der Waals surface area (Å²) in [7, 11) is 0. The second-order valence-corrected chi connectivity index (χ2v) is 9.20. The van der Waals surface area contributed by atoms with E-state index in [1.807, 2.05) is 62.4 Å². The Morgan fingerprint density at radius 3 is 2.33 bits per heavy atom. The quantitative estimate of drug-likeness (QED) is 0.281. The summed E-state index contributed by atoms with van der Waals surface area (Å²) >= 11 is 0. The van der Waals surface area contributed by atoms with Crippen molar-refractivity contribution in [3.63, 3.8) is 0 Å². The molecule has 1 amide bonds. The number of anilines is 2. The number of carbonyl (C=O) groups excluding carboxylic acids is 2. The molecule has 1 N–H and O–H groups in total. The SMILES string of the molecule is CCOc1cccc(/C(O)=C2\C(=O)C(=O)N(c3ccc(N4CCCC4)cc3)C2c2ccccc2C)c1. The van der Waals surface area contributed by atoms with Gasteiger partial charge >= 0.3 is 0 Å². The Labute approximate surface area is 211 Å². The maximum atomic E-state index is 13.5. The molecule has 2 saturated heterocycles. The molecule has 0 aliphatic carbocycles. The first-order valence-corrected chi connectivity index (χ1v) is 12.4. The zero-order chi connectivity index (χ0) is 25.2. The molecule has 1 atom stereocenters. The summed E-state index contributed by atoms with van der Waals surface area (Å²) in [5.74, 6) is -0.981. The van der Waals surface area contributed by atoms with Gasteiger partial charge in [-0.05, 0) is 74.2 Å². The summed E-state index contributed by atoms with van der Waals surface area (Å²) in [6, 6.07) is 21.6. The summed E-state index contributed by atoms with van der Waals surface area (Å²) in [5.41, 5.74) is 3.96. The van der Waals surface area contributed by atoms with E-state index in [2.05, 4.69) is 4.90 Å². The summed E-state index contributed by atoms with van der Waals surface area (Å²) in [5, 5.41) is 11.4. The van der Waals surface area contributed by atoms with Crippen molar-refractivity contribution in [1.29, 1.82) is 0 Å². The van der Waals surface area contributed by atoms with Gasteiger partial charge in [0.05, 0.1) is 18.2 Å². The van der Waals surface area contributed by atoms with Gasteiger partial charge in [-0.2, -0.15) is 0 Å². The van der Waals surface area contributed by atoms with Crippen LogP contribution in [0.4, 0.5) is 11.4 Å². The molecule has 2 aliphatic heterocycles. The molecule has 5 rings (SSSR count). The monoisotopic (exact) mass is 482 g/mol. The molecule has 6 heteroatoms. The van der Waals surface area contributed by atoms with E-state index in [0.717, 1.165) is 29.9 Å². The third-order valence-corrected chi connectivity index (χ3v) is 6.95. The van der Waals surface area contributed by atoms with E-state index in [9.17, 15) is 14.7 Å². The van der Waals surface area contributed by atoms with Gasteiger partial charge in [0.15, 0.2) is 0 Å². The van der Waals surface area contributed by atoms with E-state index in [1.54, 1.807) is 24.3 Å². The van der Waals surface area contributed by atoms with Gasteiger partial charge in [-0.25, -0.2) is 0 Å². The Balaban J connectivity index is 1.63. The van der Waals surface area contributed by atoms with Crippen molar-refractivity contribution in [3.8, 4) is 5.75 Å². The first-order valence-electron chi connectivity index (χ1n) is 12.4. The van der Waals surface area contributed by atoms with Crippen LogP contribution in [0.5, 0.6) is 5.75 Å². The molecule has 3 aromatic rings. The van der Waals surface area contributed by atoms with Crippen molar-refractivity contribution >= 4 is 28.8 Å². The summed E-state index contributed by atoms with van der Waals surface area (Å²) in [4.78, 5) is 30.7. The number of benzene rings is 3. The predicted octanol–water partition coefficient (Wildman–Crippen LogP) is 5.62. The average Bonchev–Trinajstić information content (AvgIpc) is 3.52. The molecule has 6 nitrogen and oxygen atoms in total. The van der Waals surface area contributed by atoms with Crippen molar-refractivity contribution in [3.05, 3.63) is 95.1 Å². The number of aliphatic hydroxyl groups excluding tert-OH is 1. The van der Waals surface area contributed by atoms with Gasteiger partial charge in [-0.15, -0.1) is 0 Å². The lowest BCUT2D eigenvalue weighted by Crippen LogP contribution is -2.29. The highest BCUT2D eigenvalue weighted by molar-refractivity contribution is 6.51. The molecule has 2 aliphatic rings. The van der Waals surface area contributed by atoms with Gasteiger partial charge in [0, 0.05) is 30.0 Å². The minimum atomic E-state index is -0.750. The third-order valence-electron chi connectivity index (χ3n) is 6.95. The van der Waals surface area contributed by atoms with Crippen molar-refractivity contribution in [1.82, 2.24) is 0 Å². The molecular formula is C30H30N2O4. The van der Waals surface area contributed by atoms with E-state index in [1.165, 1.54) is 17.7 Å². The topological polar surface area (TPSA) is 70.1 Å². The van der Waals surface area contributed by atoms with E-state index in [4.69, 9.17) is 4.74 Å². The number of nitrogens with zero attached hydrogens (tertiary/aromatic N) is 2. The first kappa shape index (κ1) is 23.7. The maximum Gasteiger partial charge on any atom is 0.300 e. The number of amides is 1. The fourth-order valence-electron chi connectivity index (χ4n) is 5.14. The molecule has 36 heavy (non-hydrogen) atoms. The Morgan fingerprint density at radius 2 is 1.64 bits per heavy atom. The number of hydrogen-bond acceptors (Lipinski definition) is 5. The van der Waals surface area contributed by atoms with Crippen molar-refractivity contribution in [2.45, 2.75) is 32.7 Å². The van der Waals surface area contributed by atoms with E-state index < -0.39 is 17.7 Å². The number of carbonyl (C=O) groups is 2. The normalized spacial score (nSPS) is 19.2. The number of hydrogen-bond donors (Lipinski definition) is 1. The molecule has 0 spiro atoms. The molecule has 3 aromatic carbocycles. The van der Waals surface area contributed by atoms with Crippen LogP contribution in [-0.2, 0) is 9.59 Å². The van der Waals surface area contributed by atoms with E-state index in [-0.39, 0.29) is 11.3 Å². The molecule has 184 valence electrons. The molecule has 2 heterocycles. The lowest BCUT2D eigenvalue weighted by Gasteiger charge is -2.27. The average molecular weight is 483 g/mol. The van der Waals surface area contributed by atoms with Crippen molar-refractivity contribution in [2.75, 3.05) is 29.5 Å². The van der Waals surface area contributed by atoms with Crippen LogP contribution in [0.3, 0.4) is 0 Å². The second kappa shape index (κ2) is 9.90. The smallest absolute Gasteiger partial charge is 0.300 e. The van der Waals surface area contributed by atoms with Crippen LogP contribution < -0.4 is 14.5 Å². The second-order valence-electron chi connectivity index (χ2n) is 9.20. The lowest BCUT2D eigenvalue weighted by atomic mass is 9.92. The van der Waals surface area contributed by atoms with Gasteiger partial charge in [0.2, 0.25) is 0 Å². The van der Waals surface area contributed by atoms with Crippen LogP contribution in [0.1, 0.15) is 42.5 Å². The number of ether oxygens (including phenoxy) is 1. The standard InChI is InChI=1S/C30H30N2O4/c1-3-36-24-11-8-10-21(19-24)28(33)26-27(25-12-5-4-9-20(25)2)32(30(35)29(26)34)23-15-13-22(14-16-23)31-17-6-7-18-31/h4-5,8-16,19,27,33H,3,6-7,17-18H2,1-2H3/b28-26+. The van der Waals surface area contributed by atoms with Crippen LogP contribution in [-0.4, -0.2) is 36.5 Å². The molecule has 0 radical (unpaired) electrons. The van der Waals surface area contributed by atoms with Crippen LogP contribution in [0, 0.1) is 6.92 Å². The predicted molar refractivity (Wildman–Crippen MR) is 141 cm³/mol. The Bertz CT molecular complexity index is 1320. The van der Waals surface area contributed by atoms with Gasteiger partial charge in [0.1, 0.15) is 11.5 Å². The summed E-state index contributed by atoms with van der Waals surface area (Å²) in [6.45, 7) is 6.35. The van der Waals surface area contributed by atoms with Crippen LogP contribution in [0.15, 0.2) is 78.4 Å². The lowest BCUT2D eigenvalue weighted by molar-refractivity contribution is -0.132.